The van der Waals surface area contributed by atoms with Crippen LogP contribution in [-0.2, 0) is 11.3 Å². The molecule has 0 aromatic heterocycles. The van der Waals surface area contributed by atoms with E-state index in [0.717, 1.165) is 36.7 Å². The van der Waals surface area contributed by atoms with Crippen LogP contribution in [0.15, 0.2) is 18.2 Å². The predicted molar refractivity (Wildman–Crippen MR) is 107 cm³/mol. The van der Waals surface area contributed by atoms with Gasteiger partial charge in [-0.1, -0.05) is 6.07 Å². The van der Waals surface area contributed by atoms with E-state index >= 15 is 0 Å². The Kier molecular flexibility index (Phi) is 7.63. The molecule has 0 bridgehead atoms. The first kappa shape index (κ1) is 20.3. The average Bonchev–Trinajstić information content (AvgIpc) is 2.67. The summed E-state index contributed by atoms with van der Waals surface area (Å²) >= 11 is 1.96. The molecule has 0 spiro atoms. The summed E-state index contributed by atoms with van der Waals surface area (Å²) in [7, 11) is 1.61. The molecular weight excluding hydrogens is 366 g/mol. The third-order valence-electron chi connectivity index (χ3n) is 4.76. The van der Waals surface area contributed by atoms with Gasteiger partial charge in [0.05, 0.1) is 13.7 Å². The van der Waals surface area contributed by atoms with E-state index < -0.39 is 6.10 Å². The van der Waals surface area contributed by atoms with E-state index in [9.17, 15) is 9.90 Å². The second kappa shape index (κ2) is 10.2. The number of carbonyl (C=O) groups is 1. The summed E-state index contributed by atoms with van der Waals surface area (Å²) < 4.78 is 11.3. The van der Waals surface area contributed by atoms with Gasteiger partial charge in [0, 0.05) is 50.8 Å². The van der Waals surface area contributed by atoms with Crippen LogP contribution in [0.2, 0.25) is 0 Å². The largest absolute Gasteiger partial charge is 0.493 e. The van der Waals surface area contributed by atoms with Gasteiger partial charge in [-0.05, 0) is 17.7 Å². The summed E-state index contributed by atoms with van der Waals surface area (Å²) in [4.78, 5) is 15.9. The lowest BCUT2D eigenvalue weighted by atomic mass is 10.1. The third kappa shape index (κ3) is 6.27. The van der Waals surface area contributed by atoms with E-state index in [-0.39, 0.29) is 12.5 Å². The molecule has 1 aromatic rings. The number of aliphatic hydroxyl groups is 1. The van der Waals surface area contributed by atoms with Crippen molar-refractivity contribution in [2.75, 3.05) is 64.5 Å². The van der Waals surface area contributed by atoms with Gasteiger partial charge in [0.25, 0.3) is 0 Å². The van der Waals surface area contributed by atoms with E-state index in [1.165, 1.54) is 0 Å². The molecule has 1 amide bonds. The summed E-state index contributed by atoms with van der Waals surface area (Å²) in [5.74, 6) is 3.60. The van der Waals surface area contributed by atoms with Gasteiger partial charge in [0.1, 0.15) is 12.7 Å². The molecule has 2 aliphatic rings. The fourth-order valence-corrected chi connectivity index (χ4v) is 4.31. The number of thioether (sulfide) groups is 1. The molecule has 8 heteroatoms. The monoisotopic (exact) mass is 395 g/mol. The van der Waals surface area contributed by atoms with Crippen LogP contribution in [0.1, 0.15) is 5.56 Å². The molecule has 0 saturated carbocycles. The van der Waals surface area contributed by atoms with Gasteiger partial charge in [0.15, 0.2) is 11.5 Å². The third-order valence-corrected chi connectivity index (χ3v) is 5.70. The molecule has 0 aliphatic carbocycles. The molecule has 1 atom stereocenters. The zero-order valence-corrected chi connectivity index (χ0v) is 16.7. The lowest BCUT2D eigenvalue weighted by Gasteiger charge is -2.28. The molecular formula is C19H29N3O4S. The first-order valence-electron chi connectivity index (χ1n) is 9.41. The van der Waals surface area contributed by atoms with Gasteiger partial charge in [-0.15, -0.1) is 0 Å². The van der Waals surface area contributed by atoms with Crippen molar-refractivity contribution in [2.24, 2.45) is 0 Å². The number of β-amino-alcohol motifs (C(OH)–C–C–N with tert-alkyl or cyclic N) is 1. The number of carbonyl (C=O) groups excluding carboxylic acids is 1. The highest BCUT2D eigenvalue weighted by Gasteiger charge is 2.18. The van der Waals surface area contributed by atoms with Crippen molar-refractivity contribution in [3.8, 4) is 11.5 Å². The maximum atomic E-state index is 11.5. The Labute approximate surface area is 165 Å². The zero-order valence-electron chi connectivity index (χ0n) is 15.9. The number of ether oxygens (including phenoxy) is 2. The molecule has 1 unspecified atom stereocenters. The van der Waals surface area contributed by atoms with Gasteiger partial charge in [0.2, 0.25) is 5.91 Å². The molecule has 0 radical (unpaired) electrons. The molecule has 150 valence electrons. The number of amides is 1. The average molecular weight is 396 g/mol. The highest BCUT2D eigenvalue weighted by molar-refractivity contribution is 7.99. The van der Waals surface area contributed by atoms with Crippen molar-refractivity contribution in [3.05, 3.63) is 23.8 Å². The quantitative estimate of drug-likeness (QED) is 0.661. The number of nitrogens with one attached hydrogen (secondary N) is 1. The number of aliphatic hydroxyl groups excluding tert-OH is 1. The fraction of sp³-hybridized carbons (Fsp3) is 0.632. The van der Waals surface area contributed by atoms with Crippen molar-refractivity contribution >= 4 is 17.7 Å². The standard InChI is InChI=1S/C19H29N3O4S/c1-25-18-10-15(11-22-5-4-20-19(24)13-22)2-3-17(18)26-14-16(23)12-21-6-8-27-9-7-21/h2-3,10,16,23H,4-9,11-14H2,1H3,(H,20,24). The minimum absolute atomic E-state index is 0.0643. The first-order valence-corrected chi connectivity index (χ1v) is 10.6. The SMILES string of the molecule is COc1cc(CN2CCNC(=O)C2)ccc1OCC(O)CN1CCSCC1. The topological polar surface area (TPSA) is 74.3 Å². The minimum Gasteiger partial charge on any atom is -0.493 e. The molecule has 3 rings (SSSR count). The van der Waals surface area contributed by atoms with Gasteiger partial charge < -0.3 is 19.9 Å². The van der Waals surface area contributed by atoms with Gasteiger partial charge in [-0.25, -0.2) is 0 Å². The van der Waals surface area contributed by atoms with Gasteiger partial charge in [-0.3, -0.25) is 14.6 Å². The Balaban J connectivity index is 1.51. The van der Waals surface area contributed by atoms with E-state index in [0.29, 0.717) is 37.7 Å². The number of hydrogen-bond acceptors (Lipinski definition) is 7. The Morgan fingerprint density at radius 3 is 2.78 bits per heavy atom. The fourth-order valence-electron chi connectivity index (χ4n) is 3.33. The van der Waals surface area contributed by atoms with Crippen LogP contribution in [0.5, 0.6) is 11.5 Å². The van der Waals surface area contributed by atoms with Crippen LogP contribution in [0.25, 0.3) is 0 Å². The van der Waals surface area contributed by atoms with Crippen LogP contribution < -0.4 is 14.8 Å². The highest BCUT2D eigenvalue weighted by Crippen LogP contribution is 2.29. The van der Waals surface area contributed by atoms with Crippen molar-refractivity contribution < 1.29 is 19.4 Å². The Morgan fingerprint density at radius 1 is 1.22 bits per heavy atom. The van der Waals surface area contributed by atoms with Crippen molar-refractivity contribution in [1.29, 1.82) is 0 Å². The summed E-state index contributed by atoms with van der Waals surface area (Å²) in [6.07, 6.45) is -0.524. The van der Waals surface area contributed by atoms with Crippen LogP contribution in [0.3, 0.4) is 0 Å². The summed E-state index contributed by atoms with van der Waals surface area (Å²) in [6, 6.07) is 5.80. The van der Waals surface area contributed by atoms with Crippen LogP contribution in [0.4, 0.5) is 0 Å². The first-order chi connectivity index (χ1) is 13.1. The number of hydrogen-bond donors (Lipinski definition) is 2. The van der Waals surface area contributed by atoms with E-state index in [2.05, 4.69) is 15.1 Å². The molecule has 2 aliphatic heterocycles. The zero-order chi connectivity index (χ0) is 19.1. The summed E-state index contributed by atoms with van der Waals surface area (Å²) in [6.45, 7) is 5.56. The van der Waals surface area contributed by atoms with Gasteiger partial charge >= 0.3 is 0 Å². The molecule has 27 heavy (non-hydrogen) atoms. The predicted octanol–water partition coefficient (Wildman–Crippen LogP) is 0.416. The van der Waals surface area contributed by atoms with Crippen molar-refractivity contribution in [2.45, 2.75) is 12.6 Å². The minimum atomic E-state index is -0.524. The smallest absolute Gasteiger partial charge is 0.234 e. The molecule has 7 nitrogen and oxygen atoms in total. The maximum absolute atomic E-state index is 11.5. The molecule has 2 N–H and O–H groups in total. The lowest BCUT2D eigenvalue weighted by Crippen LogP contribution is -2.47. The normalized spacial score (nSPS) is 20.1. The molecule has 2 fully saturated rings. The van der Waals surface area contributed by atoms with Crippen molar-refractivity contribution in [1.82, 2.24) is 15.1 Å². The summed E-state index contributed by atoms with van der Waals surface area (Å²) in [5.41, 5.74) is 1.07. The van der Waals surface area contributed by atoms with Crippen LogP contribution >= 0.6 is 11.8 Å². The number of benzene rings is 1. The Morgan fingerprint density at radius 2 is 2.04 bits per heavy atom. The molecule has 2 saturated heterocycles. The molecule has 1 aromatic carbocycles. The maximum Gasteiger partial charge on any atom is 0.234 e. The number of rotatable bonds is 8. The lowest BCUT2D eigenvalue weighted by molar-refractivity contribution is -0.124. The summed E-state index contributed by atoms with van der Waals surface area (Å²) in [5, 5.41) is 13.1. The van der Waals surface area contributed by atoms with Crippen molar-refractivity contribution in [3.63, 3.8) is 0 Å². The second-order valence-electron chi connectivity index (χ2n) is 6.92. The van der Waals surface area contributed by atoms with E-state index in [4.69, 9.17) is 9.47 Å². The molecule has 2 heterocycles. The number of nitrogens with zero attached hydrogens (tertiary/aromatic N) is 2. The van der Waals surface area contributed by atoms with Crippen LogP contribution in [0, 0.1) is 0 Å². The highest BCUT2D eigenvalue weighted by atomic mass is 32.2. The van der Waals surface area contributed by atoms with E-state index in [1.54, 1.807) is 7.11 Å². The van der Waals surface area contributed by atoms with E-state index in [1.807, 2.05) is 30.0 Å². The van der Waals surface area contributed by atoms with Gasteiger partial charge in [-0.2, -0.15) is 11.8 Å². The second-order valence-corrected chi connectivity index (χ2v) is 8.15. The Hall–Kier alpha value is -1.48. The Bertz CT molecular complexity index is 625. The number of methoxy groups -OCH3 is 1. The van der Waals surface area contributed by atoms with Crippen LogP contribution in [-0.4, -0.2) is 91.4 Å². The number of piperazine rings is 1.